The Morgan fingerprint density at radius 3 is 2.24 bits per heavy atom. The van der Waals surface area contributed by atoms with E-state index in [9.17, 15) is 13.2 Å². The van der Waals surface area contributed by atoms with Crippen LogP contribution in [-0.4, -0.2) is 87.3 Å². The van der Waals surface area contributed by atoms with Gasteiger partial charge in [-0.2, -0.15) is 4.31 Å². The molecule has 0 radical (unpaired) electrons. The molecule has 2 fully saturated rings. The van der Waals surface area contributed by atoms with E-state index in [1.165, 1.54) is 4.31 Å². The molecular formula is C17H26N4O3S. The smallest absolute Gasteiger partial charge is 0.236 e. The fraction of sp³-hybridized carbons (Fsp3) is 0.588. The standard InChI is InChI=1S/C17H26N4O3S/c22-17(14-19-8-6-18-7-9-19)20-10-12-21(13-11-20)25(23,24)15-16-4-2-1-3-5-16/h1-5,18H,6-15H2. The highest BCUT2D eigenvalue weighted by molar-refractivity contribution is 7.88. The molecule has 1 aromatic rings. The third kappa shape index (κ3) is 5.01. The summed E-state index contributed by atoms with van der Waals surface area (Å²) in [6.45, 7) is 5.73. The van der Waals surface area contributed by atoms with Crippen LogP contribution in [0.4, 0.5) is 0 Å². The van der Waals surface area contributed by atoms with Gasteiger partial charge < -0.3 is 10.2 Å². The summed E-state index contributed by atoms with van der Waals surface area (Å²) in [5, 5.41) is 3.27. The van der Waals surface area contributed by atoms with Crippen molar-refractivity contribution in [2.45, 2.75) is 5.75 Å². The third-order valence-corrected chi connectivity index (χ3v) is 6.60. The molecule has 3 rings (SSSR count). The highest BCUT2D eigenvalue weighted by atomic mass is 32.2. The predicted molar refractivity (Wildman–Crippen MR) is 96.5 cm³/mol. The maximum absolute atomic E-state index is 12.6. The number of hydrogen-bond donors (Lipinski definition) is 1. The van der Waals surface area contributed by atoms with Crippen LogP contribution in [0, 0.1) is 0 Å². The minimum Gasteiger partial charge on any atom is -0.339 e. The first-order valence-electron chi connectivity index (χ1n) is 8.77. The molecule has 8 heteroatoms. The summed E-state index contributed by atoms with van der Waals surface area (Å²) in [6.07, 6.45) is 0. The number of nitrogens with zero attached hydrogens (tertiary/aromatic N) is 3. The van der Waals surface area contributed by atoms with Crippen molar-refractivity contribution < 1.29 is 13.2 Å². The maximum Gasteiger partial charge on any atom is 0.236 e. The van der Waals surface area contributed by atoms with Gasteiger partial charge >= 0.3 is 0 Å². The lowest BCUT2D eigenvalue weighted by Gasteiger charge is -2.35. The summed E-state index contributed by atoms with van der Waals surface area (Å²) in [7, 11) is -3.34. The number of carbonyl (C=O) groups is 1. The van der Waals surface area contributed by atoms with Crippen molar-refractivity contribution in [3.63, 3.8) is 0 Å². The Hall–Kier alpha value is -1.48. The molecule has 1 aromatic carbocycles. The van der Waals surface area contributed by atoms with Crippen molar-refractivity contribution in [2.75, 3.05) is 58.9 Å². The zero-order chi connectivity index (χ0) is 17.7. The first kappa shape index (κ1) is 18.3. The number of benzene rings is 1. The Labute approximate surface area is 149 Å². The van der Waals surface area contributed by atoms with Crippen molar-refractivity contribution in [3.8, 4) is 0 Å². The van der Waals surface area contributed by atoms with Crippen molar-refractivity contribution in [3.05, 3.63) is 35.9 Å². The molecule has 0 spiro atoms. The summed E-state index contributed by atoms with van der Waals surface area (Å²) in [5.74, 6) is 0.116. The normalized spacial score (nSPS) is 20.6. The minimum absolute atomic E-state index is 0.0164. The van der Waals surface area contributed by atoms with Gasteiger partial charge in [-0.3, -0.25) is 9.69 Å². The van der Waals surface area contributed by atoms with Gasteiger partial charge in [0.15, 0.2) is 0 Å². The van der Waals surface area contributed by atoms with E-state index < -0.39 is 10.0 Å². The number of rotatable bonds is 5. The summed E-state index contributed by atoms with van der Waals surface area (Å²) in [4.78, 5) is 16.3. The van der Waals surface area contributed by atoms with Gasteiger partial charge in [0, 0.05) is 52.4 Å². The molecule has 2 aliphatic rings. The molecule has 0 saturated carbocycles. The highest BCUT2D eigenvalue weighted by Gasteiger charge is 2.29. The number of nitrogens with one attached hydrogen (secondary N) is 1. The zero-order valence-electron chi connectivity index (χ0n) is 14.4. The van der Waals surface area contributed by atoms with Crippen molar-refractivity contribution in [2.24, 2.45) is 0 Å². The quantitative estimate of drug-likeness (QED) is 0.765. The van der Waals surface area contributed by atoms with Gasteiger partial charge in [0.25, 0.3) is 0 Å². The number of carbonyl (C=O) groups excluding carboxylic acids is 1. The van der Waals surface area contributed by atoms with Gasteiger partial charge in [0.1, 0.15) is 0 Å². The molecule has 0 unspecified atom stereocenters. The van der Waals surface area contributed by atoms with Gasteiger partial charge in [-0.15, -0.1) is 0 Å². The van der Waals surface area contributed by atoms with Crippen LogP contribution in [0.2, 0.25) is 0 Å². The number of piperazine rings is 2. The average molecular weight is 366 g/mol. The SMILES string of the molecule is O=C(CN1CCNCC1)N1CCN(S(=O)(=O)Cc2ccccc2)CC1. The van der Waals surface area contributed by atoms with Crippen molar-refractivity contribution >= 4 is 15.9 Å². The molecular weight excluding hydrogens is 340 g/mol. The lowest BCUT2D eigenvalue weighted by Crippen LogP contribution is -2.54. The van der Waals surface area contributed by atoms with Crippen LogP contribution in [0.3, 0.4) is 0 Å². The summed E-state index contributed by atoms with van der Waals surface area (Å²) >= 11 is 0. The maximum atomic E-state index is 12.6. The lowest BCUT2D eigenvalue weighted by molar-refractivity contribution is -0.133. The van der Waals surface area contributed by atoms with Gasteiger partial charge in [0.2, 0.25) is 15.9 Å². The summed E-state index contributed by atoms with van der Waals surface area (Å²) < 4.78 is 26.6. The molecule has 1 amide bonds. The monoisotopic (exact) mass is 366 g/mol. The van der Waals surface area contributed by atoms with Crippen LogP contribution in [-0.2, 0) is 20.6 Å². The number of hydrogen-bond acceptors (Lipinski definition) is 5. The first-order valence-corrected chi connectivity index (χ1v) is 10.4. The Balaban J connectivity index is 1.49. The van der Waals surface area contributed by atoms with E-state index in [1.54, 1.807) is 4.90 Å². The molecule has 0 bridgehead atoms. The van der Waals surface area contributed by atoms with E-state index in [1.807, 2.05) is 30.3 Å². The van der Waals surface area contributed by atoms with Crippen molar-refractivity contribution in [1.29, 1.82) is 0 Å². The van der Waals surface area contributed by atoms with E-state index in [0.717, 1.165) is 31.7 Å². The van der Waals surface area contributed by atoms with E-state index in [2.05, 4.69) is 10.2 Å². The second-order valence-electron chi connectivity index (χ2n) is 6.55. The van der Waals surface area contributed by atoms with Gasteiger partial charge in [-0.1, -0.05) is 30.3 Å². The molecule has 25 heavy (non-hydrogen) atoms. The predicted octanol–water partition coefficient (Wildman–Crippen LogP) is -0.434. The Bertz CT molecular complexity index is 666. The first-order chi connectivity index (χ1) is 12.0. The van der Waals surface area contributed by atoms with E-state index in [4.69, 9.17) is 0 Å². The van der Waals surface area contributed by atoms with Crippen LogP contribution in [0.25, 0.3) is 0 Å². The molecule has 2 saturated heterocycles. The van der Waals surface area contributed by atoms with Crippen molar-refractivity contribution in [1.82, 2.24) is 19.4 Å². The molecule has 0 aromatic heterocycles. The second-order valence-corrected chi connectivity index (χ2v) is 8.52. The molecule has 7 nitrogen and oxygen atoms in total. The third-order valence-electron chi connectivity index (χ3n) is 4.75. The molecule has 1 N–H and O–H groups in total. The fourth-order valence-electron chi connectivity index (χ4n) is 3.25. The number of sulfonamides is 1. The van der Waals surface area contributed by atoms with Gasteiger partial charge in [0.05, 0.1) is 12.3 Å². The second kappa shape index (κ2) is 8.27. The number of amides is 1. The Morgan fingerprint density at radius 1 is 0.960 bits per heavy atom. The van der Waals surface area contributed by atoms with Crippen LogP contribution in [0.5, 0.6) is 0 Å². The van der Waals surface area contributed by atoms with E-state index in [-0.39, 0.29) is 11.7 Å². The lowest BCUT2D eigenvalue weighted by atomic mass is 10.2. The van der Waals surface area contributed by atoms with Gasteiger partial charge in [-0.05, 0) is 5.56 Å². The zero-order valence-corrected chi connectivity index (χ0v) is 15.2. The van der Waals surface area contributed by atoms with E-state index in [0.29, 0.717) is 32.7 Å². The Kier molecular flexibility index (Phi) is 6.06. The molecule has 0 atom stereocenters. The van der Waals surface area contributed by atoms with Crippen LogP contribution in [0.1, 0.15) is 5.56 Å². The van der Waals surface area contributed by atoms with Crippen LogP contribution >= 0.6 is 0 Å². The largest absolute Gasteiger partial charge is 0.339 e. The minimum atomic E-state index is -3.34. The topological polar surface area (TPSA) is 73.0 Å². The van der Waals surface area contributed by atoms with Gasteiger partial charge in [-0.25, -0.2) is 8.42 Å². The highest BCUT2D eigenvalue weighted by Crippen LogP contribution is 2.14. The molecule has 0 aliphatic carbocycles. The molecule has 2 heterocycles. The molecule has 2 aliphatic heterocycles. The van der Waals surface area contributed by atoms with Crippen LogP contribution in [0.15, 0.2) is 30.3 Å². The summed E-state index contributed by atoms with van der Waals surface area (Å²) in [5.41, 5.74) is 0.791. The van der Waals surface area contributed by atoms with Crippen LogP contribution < -0.4 is 5.32 Å². The molecule has 138 valence electrons. The summed E-state index contributed by atoms with van der Waals surface area (Å²) in [6, 6.07) is 9.21. The Morgan fingerprint density at radius 2 is 1.60 bits per heavy atom. The fourth-order valence-corrected chi connectivity index (χ4v) is 4.77. The average Bonchev–Trinajstić information content (AvgIpc) is 2.63. The van der Waals surface area contributed by atoms with E-state index >= 15 is 0 Å².